The molecule has 150 valence electrons. The first-order chi connectivity index (χ1) is 12.2. The van der Waals surface area contributed by atoms with Gasteiger partial charge in [-0.25, -0.2) is 4.79 Å². The van der Waals surface area contributed by atoms with Gasteiger partial charge in [-0.3, -0.25) is 5.32 Å². The Balaban J connectivity index is 2.28. The summed E-state index contributed by atoms with van der Waals surface area (Å²) >= 11 is 1.71. The third-order valence-electron chi connectivity index (χ3n) is 4.53. The van der Waals surface area contributed by atoms with Crippen LogP contribution in [0.5, 0.6) is 0 Å². The van der Waals surface area contributed by atoms with E-state index in [1.165, 1.54) is 0 Å². The van der Waals surface area contributed by atoms with E-state index in [1.54, 1.807) is 11.8 Å². The summed E-state index contributed by atoms with van der Waals surface area (Å²) in [5.74, 6) is 0. The molecule has 0 aliphatic carbocycles. The minimum Gasteiger partial charge on any atom is -0.444 e. The van der Waals surface area contributed by atoms with E-state index in [0.29, 0.717) is 10.9 Å². The van der Waals surface area contributed by atoms with Gasteiger partial charge in [0.15, 0.2) is 0 Å². The maximum absolute atomic E-state index is 12.1. The second-order valence-electron chi connectivity index (χ2n) is 9.13. The van der Waals surface area contributed by atoms with Crippen LogP contribution in [0.25, 0.3) is 0 Å². The van der Waals surface area contributed by atoms with Crippen LogP contribution in [0, 0.1) is 0 Å². The van der Waals surface area contributed by atoms with Gasteiger partial charge in [0.2, 0.25) is 0 Å². The third kappa shape index (κ3) is 5.65. The van der Waals surface area contributed by atoms with Gasteiger partial charge in [-0.2, -0.15) is 0 Å². The van der Waals surface area contributed by atoms with E-state index in [0.717, 1.165) is 10.4 Å². The molecule has 0 unspecified atom stereocenters. The second-order valence-corrected chi connectivity index (χ2v) is 10.8. The normalized spacial score (nSPS) is 18.7. The molecule has 1 fully saturated rings. The van der Waals surface area contributed by atoms with Crippen molar-refractivity contribution < 1.29 is 18.8 Å². The van der Waals surface area contributed by atoms with Crippen molar-refractivity contribution >= 4 is 36.1 Å². The molecule has 5 nitrogen and oxygen atoms in total. The Morgan fingerprint density at radius 2 is 1.70 bits per heavy atom. The van der Waals surface area contributed by atoms with Gasteiger partial charge in [0.25, 0.3) is 0 Å². The molecule has 0 bridgehead atoms. The summed E-state index contributed by atoms with van der Waals surface area (Å²) in [6.45, 7) is 18.0. The second kappa shape index (κ2) is 7.68. The summed E-state index contributed by atoms with van der Waals surface area (Å²) in [5.41, 5.74) is 0.326. The van der Waals surface area contributed by atoms with Crippen molar-refractivity contribution in [1.29, 1.82) is 0 Å². The number of amides is 1. The first-order valence-electron chi connectivity index (χ1n) is 9.36. The first kappa shape index (κ1) is 22.1. The summed E-state index contributed by atoms with van der Waals surface area (Å²) in [5, 5.41) is 3.18. The predicted octanol–water partition coefficient (Wildman–Crippen LogP) is 4.83. The van der Waals surface area contributed by atoms with Crippen molar-refractivity contribution in [2.75, 3.05) is 5.32 Å². The van der Waals surface area contributed by atoms with Crippen LogP contribution in [-0.4, -0.2) is 35.3 Å². The van der Waals surface area contributed by atoms with E-state index in [9.17, 15) is 4.79 Å². The zero-order valence-electron chi connectivity index (χ0n) is 17.9. The Morgan fingerprint density at radius 1 is 1.15 bits per heavy atom. The molecule has 1 heterocycles. The monoisotopic (exact) mass is 393 g/mol. The number of nitrogens with one attached hydrogen (secondary N) is 1. The maximum atomic E-state index is 12.1. The smallest absolute Gasteiger partial charge is 0.444 e. The molecule has 1 saturated heterocycles. The van der Waals surface area contributed by atoms with Crippen LogP contribution >= 0.6 is 11.8 Å². The summed E-state index contributed by atoms with van der Waals surface area (Å²) in [6, 6.07) is 5.77. The number of anilines is 1. The highest BCUT2D eigenvalue weighted by atomic mass is 32.2. The quantitative estimate of drug-likeness (QED) is 0.586. The molecule has 0 spiro atoms. The van der Waals surface area contributed by atoms with Crippen molar-refractivity contribution in [3.8, 4) is 0 Å². The first-order valence-corrected chi connectivity index (χ1v) is 10.2. The summed E-state index contributed by atoms with van der Waals surface area (Å²) in [6.07, 6.45) is -0.466. The Morgan fingerprint density at radius 3 is 2.19 bits per heavy atom. The van der Waals surface area contributed by atoms with Crippen LogP contribution in [0.2, 0.25) is 0 Å². The van der Waals surface area contributed by atoms with Crippen LogP contribution in [0.1, 0.15) is 62.3 Å². The largest absolute Gasteiger partial charge is 0.495 e. The van der Waals surface area contributed by atoms with Crippen molar-refractivity contribution in [2.45, 2.75) is 89.3 Å². The van der Waals surface area contributed by atoms with Gasteiger partial charge >= 0.3 is 13.2 Å². The summed E-state index contributed by atoms with van der Waals surface area (Å²) in [4.78, 5) is 13.1. The highest BCUT2D eigenvalue weighted by Gasteiger charge is 2.52. The highest BCUT2D eigenvalue weighted by molar-refractivity contribution is 8.00. The number of hydrogen-bond donors (Lipinski definition) is 1. The number of rotatable bonds is 4. The van der Waals surface area contributed by atoms with Gasteiger partial charge < -0.3 is 14.0 Å². The van der Waals surface area contributed by atoms with Gasteiger partial charge in [-0.05, 0) is 66.1 Å². The van der Waals surface area contributed by atoms with Gasteiger partial charge in [-0.1, -0.05) is 19.9 Å². The number of hydrogen-bond acceptors (Lipinski definition) is 5. The number of carbonyl (C=O) groups is 1. The molecule has 0 saturated carbocycles. The molecule has 1 aliphatic heterocycles. The van der Waals surface area contributed by atoms with Crippen LogP contribution in [-0.2, 0) is 14.0 Å². The van der Waals surface area contributed by atoms with E-state index in [4.69, 9.17) is 14.0 Å². The lowest BCUT2D eigenvalue weighted by molar-refractivity contribution is 0.00578. The minimum atomic E-state index is -0.539. The van der Waals surface area contributed by atoms with Gasteiger partial charge in [0, 0.05) is 15.8 Å². The Bertz CT molecular complexity index is 682. The lowest BCUT2D eigenvalue weighted by Crippen LogP contribution is -2.41. The molecule has 1 aromatic rings. The fourth-order valence-corrected chi connectivity index (χ4v) is 3.56. The molecule has 2 rings (SSSR count). The zero-order chi connectivity index (χ0) is 20.6. The molecule has 0 aromatic heterocycles. The molecule has 1 N–H and O–H groups in total. The molecule has 27 heavy (non-hydrogen) atoms. The van der Waals surface area contributed by atoms with Crippen LogP contribution in [0.15, 0.2) is 23.1 Å². The molecule has 7 heteroatoms. The van der Waals surface area contributed by atoms with Crippen LogP contribution in [0.3, 0.4) is 0 Å². The molecule has 0 atom stereocenters. The van der Waals surface area contributed by atoms with Gasteiger partial charge in [0.05, 0.1) is 11.2 Å². The zero-order valence-corrected chi connectivity index (χ0v) is 18.7. The average Bonchev–Trinajstić information content (AvgIpc) is 2.64. The number of carbonyl (C=O) groups excluding carboxylic acids is 1. The predicted molar refractivity (Wildman–Crippen MR) is 113 cm³/mol. The standard InChI is InChI=1S/C20H32BNO4S/c1-13(2)27-16-12-14(22-17(23)24-18(3,4)5)10-11-15(16)21-25-19(6,7)20(8,9)26-21/h10-13H,1-9H3,(H,22,23). The maximum Gasteiger partial charge on any atom is 0.495 e. The van der Waals surface area contributed by atoms with E-state index in [1.807, 2.05) is 66.7 Å². The Labute approximate surface area is 168 Å². The van der Waals surface area contributed by atoms with Crippen molar-refractivity contribution in [3.63, 3.8) is 0 Å². The number of benzene rings is 1. The van der Waals surface area contributed by atoms with Crippen molar-refractivity contribution in [1.82, 2.24) is 0 Å². The molecule has 1 aliphatic rings. The molecule has 1 amide bonds. The van der Waals surface area contributed by atoms with Gasteiger partial charge in [0.1, 0.15) is 5.60 Å². The van der Waals surface area contributed by atoms with Crippen LogP contribution in [0.4, 0.5) is 10.5 Å². The molecular weight excluding hydrogens is 361 g/mol. The Hall–Kier alpha value is -1.18. The minimum absolute atomic E-state index is 0.378. The van der Waals surface area contributed by atoms with E-state index < -0.39 is 30.0 Å². The fraction of sp³-hybridized carbons (Fsp3) is 0.650. The number of ether oxygens (including phenoxy) is 1. The lowest BCUT2D eigenvalue weighted by atomic mass is 9.79. The third-order valence-corrected chi connectivity index (χ3v) is 5.61. The summed E-state index contributed by atoms with van der Waals surface area (Å²) < 4.78 is 17.8. The average molecular weight is 393 g/mol. The van der Waals surface area contributed by atoms with E-state index in [-0.39, 0.29) is 0 Å². The fourth-order valence-electron chi connectivity index (χ4n) is 2.55. The SMILES string of the molecule is CC(C)Sc1cc(NC(=O)OC(C)(C)C)ccc1B1OC(C)(C)C(C)(C)O1. The van der Waals surface area contributed by atoms with E-state index >= 15 is 0 Å². The van der Waals surface area contributed by atoms with Crippen molar-refractivity contribution in [2.24, 2.45) is 0 Å². The lowest BCUT2D eigenvalue weighted by Gasteiger charge is -2.32. The van der Waals surface area contributed by atoms with Crippen molar-refractivity contribution in [3.05, 3.63) is 18.2 Å². The molecular formula is C20H32BNO4S. The molecule has 0 radical (unpaired) electrons. The van der Waals surface area contributed by atoms with E-state index in [2.05, 4.69) is 19.2 Å². The summed E-state index contributed by atoms with van der Waals surface area (Å²) in [7, 11) is -0.438. The van der Waals surface area contributed by atoms with Crippen LogP contribution < -0.4 is 10.8 Å². The number of thioether (sulfide) groups is 1. The highest BCUT2D eigenvalue weighted by Crippen LogP contribution is 2.37. The van der Waals surface area contributed by atoms with Gasteiger partial charge in [-0.15, -0.1) is 11.8 Å². The topological polar surface area (TPSA) is 56.8 Å². The molecule has 1 aromatic carbocycles. The Kier molecular flexibility index (Phi) is 6.29.